The normalized spacial score (nSPS) is 10.6. The fraction of sp³-hybridized carbons (Fsp3) is 0.333. The number of rotatable bonds is 12. The SMILES string of the molecule is CCOC(=O)Cn1c(=O)[nH]c2cc([N+](=O)[O-])cc(CC(=O)NCC(=O)NCc3cc(OC)cc(OC)c3)c21. The Morgan fingerprint density at radius 3 is 2.32 bits per heavy atom. The molecule has 0 atom stereocenters. The third-order valence-electron chi connectivity index (χ3n) is 5.43. The number of carbonyl (C=O) groups excluding carboxylic acids is 3. The molecule has 0 fully saturated rings. The van der Waals surface area contributed by atoms with Gasteiger partial charge in [0.25, 0.3) is 5.69 Å². The van der Waals surface area contributed by atoms with Gasteiger partial charge in [-0.05, 0) is 30.2 Å². The van der Waals surface area contributed by atoms with E-state index in [4.69, 9.17) is 14.2 Å². The van der Waals surface area contributed by atoms with E-state index in [-0.39, 0.29) is 42.0 Å². The summed E-state index contributed by atoms with van der Waals surface area (Å²) in [5.41, 5.74) is 0.0353. The van der Waals surface area contributed by atoms with Gasteiger partial charge >= 0.3 is 11.7 Å². The monoisotopic (exact) mass is 529 g/mol. The maximum absolute atomic E-state index is 12.6. The number of carbonyl (C=O) groups is 3. The summed E-state index contributed by atoms with van der Waals surface area (Å²) in [4.78, 5) is 62.6. The molecule has 0 aliphatic carbocycles. The summed E-state index contributed by atoms with van der Waals surface area (Å²) in [7, 11) is 3.01. The molecule has 1 aromatic heterocycles. The van der Waals surface area contributed by atoms with E-state index in [1.807, 2.05) is 0 Å². The van der Waals surface area contributed by atoms with Crippen LogP contribution in [0.5, 0.6) is 11.5 Å². The second-order valence-corrected chi connectivity index (χ2v) is 8.03. The number of aromatic amines is 1. The van der Waals surface area contributed by atoms with Crippen molar-refractivity contribution in [2.24, 2.45) is 0 Å². The van der Waals surface area contributed by atoms with Crippen molar-refractivity contribution >= 4 is 34.5 Å². The van der Waals surface area contributed by atoms with Crippen LogP contribution in [0.25, 0.3) is 11.0 Å². The number of esters is 1. The summed E-state index contributed by atoms with van der Waals surface area (Å²) < 4.78 is 16.3. The highest BCUT2D eigenvalue weighted by molar-refractivity contribution is 5.90. The number of fused-ring (bicyclic) bond motifs is 1. The van der Waals surface area contributed by atoms with Crippen LogP contribution in [0.3, 0.4) is 0 Å². The van der Waals surface area contributed by atoms with Crippen LogP contribution in [0.4, 0.5) is 5.69 Å². The molecular weight excluding hydrogens is 502 g/mol. The topological polar surface area (TPSA) is 184 Å². The molecule has 3 N–H and O–H groups in total. The number of amides is 2. The van der Waals surface area contributed by atoms with Crippen molar-refractivity contribution in [3.05, 3.63) is 62.1 Å². The second-order valence-electron chi connectivity index (χ2n) is 8.03. The van der Waals surface area contributed by atoms with E-state index in [9.17, 15) is 29.3 Å². The Morgan fingerprint density at radius 1 is 1.03 bits per heavy atom. The first-order valence-electron chi connectivity index (χ1n) is 11.5. The highest BCUT2D eigenvalue weighted by Gasteiger charge is 2.21. The van der Waals surface area contributed by atoms with Crippen molar-refractivity contribution in [3.8, 4) is 11.5 Å². The fourth-order valence-corrected chi connectivity index (χ4v) is 3.75. The van der Waals surface area contributed by atoms with Crippen LogP contribution < -0.4 is 25.8 Å². The molecule has 2 aromatic carbocycles. The number of methoxy groups -OCH3 is 2. The molecule has 14 nitrogen and oxygen atoms in total. The molecule has 14 heteroatoms. The lowest BCUT2D eigenvalue weighted by molar-refractivity contribution is -0.384. The molecule has 0 aliphatic heterocycles. The van der Waals surface area contributed by atoms with E-state index in [2.05, 4.69) is 15.6 Å². The number of nitro groups is 1. The quantitative estimate of drug-likeness (QED) is 0.173. The number of aromatic nitrogens is 2. The minimum Gasteiger partial charge on any atom is -0.497 e. The zero-order chi connectivity index (χ0) is 27.8. The van der Waals surface area contributed by atoms with E-state index in [1.54, 1.807) is 25.1 Å². The maximum Gasteiger partial charge on any atom is 0.327 e. The number of nitro benzene ring substituents is 1. The van der Waals surface area contributed by atoms with E-state index >= 15 is 0 Å². The molecule has 3 aromatic rings. The lowest BCUT2D eigenvalue weighted by Gasteiger charge is -2.11. The first-order chi connectivity index (χ1) is 18.1. The van der Waals surface area contributed by atoms with Crippen molar-refractivity contribution in [1.82, 2.24) is 20.2 Å². The lowest BCUT2D eigenvalue weighted by atomic mass is 10.1. The summed E-state index contributed by atoms with van der Waals surface area (Å²) in [6, 6.07) is 7.42. The van der Waals surface area contributed by atoms with Crippen LogP contribution in [0.2, 0.25) is 0 Å². The van der Waals surface area contributed by atoms with Crippen molar-refractivity contribution < 1.29 is 33.5 Å². The van der Waals surface area contributed by atoms with Gasteiger partial charge in [-0.25, -0.2) is 4.79 Å². The molecular formula is C24H27N5O9. The van der Waals surface area contributed by atoms with Gasteiger partial charge in [0.1, 0.15) is 18.0 Å². The van der Waals surface area contributed by atoms with E-state index in [0.717, 1.165) is 16.7 Å². The van der Waals surface area contributed by atoms with Crippen LogP contribution >= 0.6 is 0 Å². The molecule has 0 bridgehead atoms. The largest absolute Gasteiger partial charge is 0.497 e. The Balaban J connectivity index is 1.71. The first kappa shape index (κ1) is 27.7. The van der Waals surface area contributed by atoms with E-state index in [0.29, 0.717) is 17.1 Å². The number of non-ortho nitro benzene ring substituents is 1. The third kappa shape index (κ3) is 6.87. The van der Waals surface area contributed by atoms with E-state index < -0.39 is 41.4 Å². The van der Waals surface area contributed by atoms with Gasteiger partial charge in [0.05, 0.1) is 49.7 Å². The highest BCUT2D eigenvalue weighted by Crippen LogP contribution is 2.25. The Bertz CT molecular complexity index is 1400. The van der Waals surface area contributed by atoms with Gasteiger partial charge in [-0.3, -0.25) is 29.1 Å². The summed E-state index contributed by atoms with van der Waals surface area (Å²) in [6.07, 6.45) is -0.390. The van der Waals surface area contributed by atoms with Gasteiger partial charge in [-0.15, -0.1) is 0 Å². The molecule has 0 spiro atoms. The number of nitrogens with one attached hydrogen (secondary N) is 3. The molecule has 3 rings (SSSR count). The first-order valence-corrected chi connectivity index (χ1v) is 11.5. The Hall–Kier alpha value is -4.88. The lowest BCUT2D eigenvalue weighted by Crippen LogP contribution is -2.37. The predicted molar refractivity (Wildman–Crippen MR) is 134 cm³/mol. The number of H-pyrrole nitrogens is 1. The Kier molecular flexibility index (Phi) is 9.03. The van der Waals surface area contributed by atoms with Gasteiger partial charge in [0.2, 0.25) is 11.8 Å². The number of benzene rings is 2. The van der Waals surface area contributed by atoms with Crippen molar-refractivity contribution in [2.75, 3.05) is 27.4 Å². The molecule has 0 saturated carbocycles. The van der Waals surface area contributed by atoms with Crippen LogP contribution in [-0.2, 0) is 38.6 Å². The third-order valence-corrected chi connectivity index (χ3v) is 5.43. The van der Waals surface area contributed by atoms with Crippen molar-refractivity contribution in [3.63, 3.8) is 0 Å². The standard InChI is InChI=1S/C24H27N5O9/c1-4-38-22(32)13-28-23-15(7-16(29(34)35)9-19(23)27-24(28)33)8-20(30)26-12-21(31)25-11-14-5-17(36-2)10-18(6-14)37-3/h5-7,9-10H,4,8,11-13H2,1-3H3,(H,25,31)(H,26,30)(H,27,33). The molecule has 1 heterocycles. The number of nitrogens with zero attached hydrogens (tertiary/aromatic N) is 2. The van der Waals surface area contributed by atoms with Gasteiger partial charge in [0.15, 0.2) is 0 Å². The molecule has 202 valence electrons. The van der Waals surface area contributed by atoms with Gasteiger partial charge in [-0.1, -0.05) is 0 Å². The van der Waals surface area contributed by atoms with Gasteiger partial charge < -0.3 is 29.8 Å². The van der Waals surface area contributed by atoms with Crippen molar-refractivity contribution in [2.45, 2.75) is 26.4 Å². The zero-order valence-electron chi connectivity index (χ0n) is 21.0. The average Bonchev–Trinajstić information content (AvgIpc) is 3.20. The highest BCUT2D eigenvalue weighted by atomic mass is 16.6. The average molecular weight is 530 g/mol. The minimum atomic E-state index is -0.691. The Labute approximate surface area is 216 Å². The predicted octanol–water partition coefficient (Wildman–Crippen LogP) is 0.793. The molecule has 2 amide bonds. The van der Waals surface area contributed by atoms with Gasteiger partial charge in [-0.2, -0.15) is 0 Å². The Morgan fingerprint density at radius 2 is 1.71 bits per heavy atom. The minimum absolute atomic E-state index is 0.0859. The zero-order valence-corrected chi connectivity index (χ0v) is 21.0. The number of hydrogen-bond acceptors (Lipinski definition) is 9. The second kappa shape index (κ2) is 12.4. The number of hydrogen-bond donors (Lipinski definition) is 3. The van der Waals surface area contributed by atoms with E-state index in [1.165, 1.54) is 14.2 Å². The summed E-state index contributed by atoms with van der Waals surface area (Å²) in [6.45, 7) is 1.05. The van der Waals surface area contributed by atoms with Crippen LogP contribution in [0.1, 0.15) is 18.1 Å². The fourth-order valence-electron chi connectivity index (χ4n) is 3.75. The molecule has 38 heavy (non-hydrogen) atoms. The molecule has 0 aliphatic rings. The summed E-state index contributed by atoms with van der Waals surface area (Å²) in [5.74, 6) is -0.686. The van der Waals surface area contributed by atoms with Crippen LogP contribution in [0, 0.1) is 10.1 Å². The number of ether oxygens (including phenoxy) is 3. The van der Waals surface area contributed by atoms with Gasteiger partial charge in [0, 0.05) is 24.7 Å². The summed E-state index contributed by atoms with van der Waals surface area (Å²) in [5, 5.41) is 16.5. The molecule has 0 unspecified atom stereocenters. The molecule has 0 radical (unpaired) electrons. The summed E-state index contributed by atoms with van der Waals surface area (Å²) >= 11 is 0. The van der Waals surface area contributed by atoms with Crippen LogP contribution in [0.15, 0.2) is 35.1 Å². The maximum atomic E-state index is 12.6. The number of imidazole rings is 1. The van der Waals surface area contributed by atoms with Crippen molar-refractivity contribution in [1.29, 1.82) is 0 Å². The molecule has 0 saturated heterocycles. The smallest absolute Gasteiger partial charge is 0.327 e. The van der Waals surface area contributed by atoms with Crippen LogP contribution in [-0.4, -0.2) is 59.6 Å².